The molecule has 2 aliphatic rings. The van der Waals surface area contributed by atoms with Gasteiger partial charge in [-0.15, -0.1) is 11.3 Å². The molecule has 0 radical (unpaired) electrons. The van der Waals surface area contributed by atoms with Crippen LogP contribution in [0.3, 0.4) is 0 Å². The lowest BCUT2D eigenvalue weighted by Gasteiger charge is -2.33. The SMILES string of the molecule is O=C(NC(c1cccs1)C1CCCC1)C1CCN(C(=O)c2ccc(C(F)(F)F)cc2)CC1. The number of nitrogens with zero attached hydrogens (tertiary/aromatic N) is 1. The van der Waals surface area contributed by atoms with Gasteiger partial charge in [-0.05, 0) is 67.3 Å². The summed E-state index contributed by atoms with van der Waals surface area (Å²) in [6, 6.07) is 8.45. The van der Waals surface area contributed by atoms with Crippen molar-refractivity contribution in [2.75, 3.05) is 13.1 Å². The van der Waals surface area contributed by atoms with E-state index in [4.69, 9.17) is 0 Å². The van der Waals surface area contributed by atoms with E-state index in [1.807, 2.05) is 11.4 Å². The number of carbonyl (C=O) groups excluding carboxylic acids is 2. The van der Waals surface area contributed by atoms with Crippen molar-refractivity contribution in [1.82, 2.24) is 10.2 Å². The summed E-state index contributed by atoms with van der Waals surface area (Å²) in [6.45, 7) is 0.843. The molecule has 8 heteroatoms. The lowest BCUT2D eigenvalue weighted by atomic mass is 9.92. The molecule has 1 saturated carbocycles. The van der Waals surface area contributed by atoms with Crippen molar-refractivity contribution in [2.45, 2.75) is 50.7 Å². The zero-order valence-corrected chi connectivity index (χ0v) is 18.6. The van der Waals surface area contributed by atoms with Gasteiger partial charge in [0.1, 0.15) is 0 Å². The Kier molecular flexibility index (Phi) is 6.88. The highest BCUT2D eigenvalue weighted by atomic mass is 32.1. The van der Waals surface area contributed by atoms with Crippen molar-refractivity contribution in [3.8, 4) is 0 Å². The number of alkyl halides is 3. The summed E-state index contributed by atoms with van der Waals surface area (Å²) in [5.74, 6) is 0.0615. The fourth-order valence-corrected chi connectivity index (χ4v) is 5.65. The molecule has 1 aliphatic carbocycles. The van der Waals surface area contributed by atoms with Gasteiger partial charge in [0.2, 0.25) is 5.91 Å². The Morgan fingerprint density at radius 1 is 1.00 bits per heavy atom. The van der Waals surface area contributed by atoms with Crippen molar-refractivity contribution in [3.63, 3.8) is 0 Å². The summed E-state index contributed by atoms with van der Waals surface area (Å²) in [5, 5.41) is 5.33. The van der Waals surface area contributed by atoms with Crippen molar-refractivity contribution < 1.29 is 22.8 Å². The first-order valence-corrected chi connectivity index (χ1v) is 12.0. The number of hydrogen-bond acceptors (Lipinski definition) is 3. The van der Waals surface area contributed by atoms with E-state index in [9.17, 15) is 22.8 Å². The second kappa shape index (κ2) is 9.65. The van der Waals surface area contributed by atoms with Crippen molar-refractivity contribution in [2.24, 2.45) is 11.8 Å². The molecule has 1 aliphatic heterocycles. The number of carbonyl (C=O) groups is 2. The number of piperidine rings is 1. The number of thiophene rings is 1. The van der Waals surface area contributed by atoms with Crippen LogP contribution in [0.5, 0.6) is 0 Å². The summed E-state index contributed by atoms with van der Waals surface area (Å²) >= 11 is 1.67. The number of benzene rings is 1. The summed E-state index contributed by atoms with van der Waals surface area (Å²) in [7, 11) is 0. The highest BCUT2D eigenvalue weighted by Crippen LogP contribution is 2.38. The molecule has 0 bridgehead atoms. The fourth-order valence-electron chi connectivity index (χ4n) is 4.78. The van der Waals surface area contributed by atoms with Crippen LogP contribution in [0.25, 0.3) is 0 Å². The zero-order chi connectivity index (χ0) is 22.7. The summed E-state index contributed by atoms with van der Waals surface area (Å²) in [5.41, 5.74) is -0.535. The van der Waals surface area contributed by atoms with Gasteiger partial charge in [-0.3, -0.25) is 9.59 Å². The largest absolute Gasteiger partial charge is 0.416 e. The topological polar surface area (TPSA) is 49.4 Å². The zero-order valence-electron chi connectivity index (χ0n) is 17.7. The number of halogens is 3. The van der Waals surface area contributed by atoms with Crippen LogP contribution in [0.2, 0.25) is 0 Å². The molecule has 1 aromatic carbocycles. The fraction of sp³-hybridized carbons (Fsp3) is 0.500. The molecule has 1 N–H and O–H groups in total. The minimum Gasteiger partial charge on any atom is -0.348 e. The average Bonchev–Trinajstić information content (AvgIpc) is 3.51. The van der Waals surface area contributed by atoms with Crippen LogP contribution < -0.4 is 5.32 Å². The van der Waals surface area contributed by atoms with Gasteiger partial charge in [-0.25, -0.2) is 0 Å². The van der Waals surface area contributed by atoms with Gasteiger partial charge in [0, 0.05) is 29.4 Å². The minimum absolute atomic E-state index is 0.0388. The van der Waals surface area contributed by atoms with Gasteiger partial charge in [-0.1, -0.05) is 18.9 Å². The van der Waals surface area contributed by atoms with Crippen LogP contribution in [-0.4, -0.2) is 29.8 Å². The van der Waals surface area contributed by atoms with E-state index in [-0.39, 0.29) is 29.3 Å². The van der Waals surface area contributed by atoms with Crippen LogP contribution >= 0.6 is 11.3 Å². The normalized spacial score (nSPS) is 19.2. The molecular formula is C24H27F3N2O2S. The molecular weight excluding hydrogens is 437 g/mol. The van der Waals surface area contributed by atoms with Crippen molar-refractivity contribution >= 4 is 23.2 Å². The van der Waals surface area contributed by atoms with E-state index in [0.29, 0.717) is 31.8 Å². The minimum atomic E-state index is -4.42. The van der Waals surface area contributed by atoms with Crippen LogP contribution in [0, 0.1) is 11.8 Å². The van der Waals surface area contributed by atoms with E-state index in [1.54, 1.807) is 16.2 Å². The Balaban J connectivity index is 1.33. The summed E-state index contributed by atoms with van der Waals surface area (Å²) in [6.07, 6.45) is 1.35. The van der Waals surface area contributed by atoms with Crippen LogP contribution in [0.15, 0.2) is 41.8 Å². The second-order valence-electron chi connectivity index (χ2n) is 8.69. The third kappa shape index (κ3) is 5.17. The molecule has 1 atom stereocenters. The Morgan fingerprint density at radius 2 is 1.66 bits per heavy atom. The molecule has 1 aromatic heterocycles. The average molecular weight is 465 g/mol. The molecule has 2 aromatic rings. The number of likely N-dealkylation sites (tertiary alicyclic amines) is 1. The maximum absolute atomic E-state index is 13.0. The predicted octanol–water partition coefficient (Wildman–Crippen LogP) is 5.67. The number of rotatable bonds is 5. The van der Waals surface area contributed by atoms with Gasteiger partial charge < -0.3 is 10.2 Å². The van der Waals surface area contributed by atoms with Gasteiger partial charge >= 0.3 is 6.18 Å². The van der Waals surface area contributed by atoms with Crippen LogP contribution in [0.1, 0.15) is 65.4 Å². The number of hydrogen-bond donors (Lipinski definition) is 1. The van der Waals surface area contributed by atoms with Crippen molar-refractivity contribution in [1.29, 1.82) is 0 Å². The lowest BCUT2D eigenvalue weighted by Crippen LogP contribution is -2.44. The van der Waals surface area contributed by atoms with Gasteiger partial charge in [0.05, 0.1) is 11.6 Å². The Labute approximate surface area is 189 Å². The Hall–Kier alpha value is -2.35. The number of nitrogens with one attached hydrogen (secondary N) is 1. The molecule has 2 fully saturated rings. The van der Waals surface area contributed by atoms with Crippen molar-refractivity contribution in [3.05, 3.63) is 57.8 Å². The second-order valence-corrected chi connectivity index (χ2v) is 9.67. The molecule has 2 heterocycles. The molecule has 1 saturated heterocycles. The third-order valence-corrected chi connectivity index (χ3v) is 7.59. The molecule has 2 amide bonds. The molecule has 4 rings (SSSR count). The van der Waals surface area contributed by atoms with E-state index in [0.717, 1.165) is 25.0 Å². The molecule has 0 spiro atoms. The Bertz CT molecular complexity index is 914. The van der Waals surface area contributed by atoms with Crippen LogP contribution in [0.4, 0.5) is 13.2 Å². The third-order valence-electron chi connectivity index (χ3n) is 6.63. The lowest BCUT2D eigenvalue weighted by molar-refractivity contribution is -0.137. The quantitative estimate of drug-likeness (QED) is 0.620. The summed E-state index contributed by atoms with van der Waals surface area (Å²) < 4.78 is 38.2. The number of amides is 2. The standard InChI is InChI=1S/C24H27F3N2O2S/c25-24(26,27)19-9-7-18(8-10-19)23(31)29-13-11-17(12-14-29)22(30)28-21(16-4-1-2-5-16)20-6-3-15-32-20/h3,6-10,15-17,21H,1-2,4-5,11-14H2,(H,28,30). The summed E-state index contributed by atoms with van der Waals surface area (Å²) in [4.78, 5) is 28.5. The smallest absolute Gasteiger partial charge is 0.348 e. The van der Waals surface area contributed by atoms with Gasteiger partial charge in [-0.2, -0.15) is 13.2 Å². The van der Waals surface area contributed by atoms with E-state index in [1.165, 1.54) is 29.9 Å². The highest BCUT2D eigenvalue weighted by Gasteiger charge is 2.34. The van der Waals surface area contributed by atoms with E-state index >= 15 is 0 Å². The van der Waals surface area contributed by atoms with Gasteiger partial charge in [0.25, 0.3) is 5.91 Å². The maximum atomic E-state index is 13.0. The molecule has 4 nitrogen and oxygen atoms in total. The first-order chi connectivity index (χ1) is 15.3. The molecule has 32 heavy (non-hydrogen) atoms. The first-order valence-electron chi connectivity index (χ1n) is 11.1. The van der Waals surface area contributed by atoms with E-state index < -0.39 is 11.7 Å². The Morgan fingerprint density at radius 3 is 2.22 bits per heavy atom. The monoisotopic (exact) mass is 464 g/mol. The van der Waals surface area contributed by atoms with Crippen LogP contribution in [-0.2, 0) is 11.0 Å². The highest BCUT2D eigenvalue weighted by molar-refractivity contribution is 7.10. The first kappa shape index (κ1) is 22.8. The molecule has 1 unspecified atom stereocenters. The van der Waals surface area contributed by atoms with Gasteiger partial charge in [0.15, 0.2) is 0 Å². The maximum Gasteiger partial charge on any atom is 0.416 e. The predicted molar refractivity (Wildman–Crippen MR) is 117 cm³/mol. The molecule has 172 valence electrons. The van der Waals surface area contributed by atoms with E-state index in [2.05, 4.69) is 11.4 Å².